The smallest absolute Gasteiger partial charge is 0.126 e. The van der Waals surface area contributed by atoms with Gasteiger partial charge in [-0.3, -0.25) is 11.3 Å². The first-order valence-corrected chi connectivity index (χ1v) is 5.34. The predicted molar refractivity (Wildman–Crippen MR) is 56.7 cm³/mol. The van der Waals surface area contributed by atoms with Crippen molar-refractivity contribution < 1.29 is 4.39 Å². The van der Waals surface area contributed by atoms with Crippen LogP contribution < -0.4 is 11.3 Å². The fourth-order valence-electron chi connectivity index (χ4n) is 3.27. The molecule has 0 unspecified atom stereocenters. The third-order valence-corrected chi connectivity index (χ3v) is 4.03. The van der Waals surface area contributed by atoms with Gasteiger partial charge in [0.1, 0.15) is 5.82 Å². The van der Waals surface area contributed by atoms with Crippen LogP contribution in [0, 0.1) is 12.7 Å². The maximum absolute atomic E-state index is 13.7. The van der Waals surface area contributed by atoms with E-state index < -0.39 is 0 Å². The molecule has 0 aliphatic heterocycles. The highest BCUT2D eigenvalue weighted by Gasteiger charge is 2.68. The third-order valence-electron chi connectivity index (χ3n) is 4.03. The van der Waals surface area contributed by atoms with Crippen LogP contribution in [0.4, 0.5) is 4.39 Å². The van der Waals surface area contributed by atoms with E-state index in [1.807, 2.05) is 19.1 Å². The van der Waals surface area contributed by atoms with Gasteiger partial charge in [0.05, 0.1) is 0 Å². The lowest BCUT2D eigenvalue weighted by molar-refractivity contribution is -0.0901. The Morgan fingerprint density at radius 3 is 2.60 bits per heavy atom. The van der Waals surface area contributed by atoms with Gasteiger partial charge in [-0.15, -0.1) is 0 Å². The van der Waals surface area contributed by atoms with E-state index in [1.165, 1.54) is 0 Å². The second-order valence-electron chi connectivity index (χ2n) is 5.22. The van der Waals surface area contributed by atoms with E-state index in [9.17, 15) is 4.39 Å². The number of halogens is 1. The molecule has 3 N–H and O–H groups in total. The Hall–Kier alpha value is -0.930. The van der Waals surface area contributed by atoms with Crippen molar-refractivity contribution in [1.82, 2.24) is 5.43 Å². The highest BCUT2D eigenvalue weighted by Crippen LogP contribution is 2.67. The predicted octanol–water partition coefficient (Wildman–Crippen LogP) is 1.77. The van der Waals surface area contributed by atoms with Crippen molar-refractivity contribution in [2.45, 2.75) is 37.1 Å². The molecule has 1 aromatic carbocycles. The second kappa shape index (κ2) is 2.60. The molecule has 2 nitrogen and oxygen atoms in total. The minimum atomic E-state index is -0.0640. The molecule has 0 heterocycles. The van der Waals surface area contributed by atoms with Gasteiger partial charge in [0.25, 0.3) is 0 Å². The van der Waals surface area contributed by atoms with Crippen LogP contribution in [-0.4, -0.2) is 5.54 Å². The number of nitrogens with two attached hydrogens (primary N) is 1. The van der Waals surface area contributed by atoms with Crippen LogP contribution in [0.2, 0.25) is 0 Å². The normalized spacial score (nSPS) is 37.0. The van der Waals surface area contributed by atoms with Crippen molar-refractivity contribution in [3.63, 3.8) is 0 Å². The molecule has 3 heteroatoms. The van der Waals surface area contributed by atoms with Gasteiger partial charge in [-0.05, 0) is 37.8 Å². The Morgan fingerprint density at radius 2 is 2.00 bits per heavy atom. The molecule has 3 saturated carbocycles. The largest absolute Gasteiger partial charge is 0.271 e. The Bertz CT molecular complexity index is 408. The number of hydrogen-bond acceptors (Lipinski definition) is 2. The molecule has 80 valence electrons. The van der Waals surface area contributed by atoms with E-state index >= 15 is 0 Å². The van der Waals surface area contributed by atoms with Crippen LogP contribution in [0.15, 0.2) is 18.2 Å². The Kier molecular flexibility index (Phi) is 1.61. The lowest BCUT2D eigenvalue weighted by Gasteiger charge is -2.70. The molecular formula is C12H15FN2. The Morgan fingerprint density at radius 1 is 1.33 bits per heavy atom. The molecule has 3 aliphatic rings. The SMILES string of the molecule is Cc1ccc(F)c(C23CC(NN)(C2)C3)c1. The van der Waals surface area contributed by atoms with Crippen LogP contribution in [0.1, 0.15) is 30.4 Å². The maximum Gasteiger partial charge on any atom is 0.126 e. The molecular weight excluding hydrogens is 191 g/mol. The molecule has 2 bridgehead atoms. The van der Waals surface area contributed by atoms with Gasteiger partial charge in [-0.2, -0.15) is 0 Å². The summed E-state index contributed by atoms with van der Waals surface area (Å²) in [6.45, 7) is 2.01. The molecule has 3 aliphatic carbocycles. The van der Waals surface area contributed by atoms with Gasteiger partial charge < -0.3 is 0 Å². The summed E-state index contributed by atoms with van der Waals surface area (Å²) in [7, 11) is 0. The number of hydrazine groups is 1. The summed E-state index contributed by atoms with van der Waals surface area (Å²) in [5.74, 6) is 5.40. The number of aryl methyl sites for hydroxylation is 1. The zero-order chi connectivity index (χ0) is 10.7. The molecule has 0 aromatic heterocycles. The van der Waals surface area contributed by atoms with Crippen LogP contribution >= 0.6 is 0 Å². The van der Waals surface area contributed by atoms with Gasteiger partial charge >= 0.3 is 0 Å². The minimum Gasteiger partial charge on any atom is -0.271 e. The summed E-state index contributed by atoms with van der Waals surface area (Å²) in [4.78, 5) is 0. The number of rotatable bonds is 2. The molecule has 0 radical (unpaired) electrons. The fourth-order valence-corrected chi connectivity index (χ4v) is 3.27. The third kappa shape index (κ3) is 1.05. The molecule has 15 heavy (non-hydrogen) atoms. The van der Waals surface area contributed by atoms with Gasteiger partial charge in [0, 0.05) is 11.0 Å². The average Bonchev–Trinajstić information content (AvgIpc) is 2.07. The topological polar surface area (TPSA) is 38.0 Å². The van der Waals surface area contributed by atoms with E-state index in [0.717, 1.165) is 30.4 Å². The van der Waals surface area contributed by atoms with Gasteiger partial charge in [-0.25, -0.2) is 4.39 Å². The molecule has 0 atom stereocenters. The highest BCUT2D eigenvalue weighted by atomic mass is 19.1. The van der Waals surface area contributed by atoms with Gasteiger partial charge in [-0.1, -0.05) is 17.7 Å². The lowest BCUT2D eigenvalue weighted by atomic mass is 9.37. The highest BCUT2D eigenvalue weighted by molar-refractivity contribution is 5.43. The molecule has 1 aromatic rings. The summed E-state index contributed by atoms with van der Waals surface area (Å²) >= 11 is 0. The quantitative estimate of drug-likeness (QED) is 0.571. The van der Waals surface area contributed by atoms with Crippen LogP contribution in [-0.2, 0) is 5.41 Å². The van der Waals surface area contributed by atoms with Crippen molar-refractivity contribution in [2.75, 3.05) is 0 Å². The van der Waals surface area contributed by atoms with Gasteiger partial charge in [0.2, 0.25) is 0 Å². The summed E-state index contributed by atoms with van der Waals surface area (Å²) in [5, 5.41) is 0. The first-order valence-electron chi connectivity index (χ1n) is 5.34. The number of nitrogens with one attached hydrogen (secondary N) is 1. The van der Waals surface area contributed by atoms with E-state index in [0.29, 0.717) is 0 Å². The summed E-state index contributed by atoms with van der Waals surface area (Å²) in [6, 6.07) is 5.38. The second-order valence-corrected chi connectivity index (χ2v) is 5.22. The van der Waals surface area contributed by atoms with Crippen LogP contribution in [0.25, 0.3) is 0 Å². The van der Waals surface area contributed by atoms with Crippen molar-refractivity contribution in [3.05, 3.63) is 35.1 Å². The van der Waals surface area contributed by atoms with Crippen LogP contribution in [0.5, 0.6) is 0 Å². The van der Waals surface area contributed by atoms with Crippen LogP contribution in [0.3, 0.4) is 0 Å². The van der Waals surface area contributed by atoms with E-state index in [-0.39, 0.29) is 16.8 Å². The van der Waals surface area contributed by atoms with Gasteiger partial charge in [0.15, 0.2) is 0 Å². The summed E-state index contributed by atoms with van der Waals surface area (Å²) < 4.78 is 13.7. The standard InChI is InChI=1S/C12H15FN2/c1-8-2-3-10(13)9(4-8)11-5-12(6-11,7-11)15-14/h2-4,15H,5-7,14H2,1H3. The number of hydrogen-bond donors (Lipinski definition) is 2. The fraction of sp³-hybridized carbons (Fsp3) is 0.500. The van der Waals surface area contributed by atoms with E-state index in [4.69, 9.17) is 5.84 Å². The maximum atomic E-state index is 13.7. The van der Waals surface area contributed by atoms with E-state index in [2.05, 4.69) is 5.43 Å². The molecule has 0 spiro atoms. The van der Waals surface area contributed by atoms with E-state index in [1.54, 1.807) is 6.07 Å². The zero-order valence-corrected chi connectivity index (χ0v) is 8.81. The molecule has 3 fully saturated rings. The number of benzene rings is 1. The monoisotopic (exact) mass is 206 g/mol. The van der Waals surface area contributed by atoms with Crippen molar-refractivity contribution in [3.8, 4) is 0 Å². The molecule has 0 saturated heterocycles. The lowest BCUT2D eigenvalue weighted by Crippen LogP contribution is -2.77. The first kappa shape index (κ1) is 9.31. The Labute approximate surface area is 88.6 Å². The minimum absolute atomic E-state index is 0.0640. The first-order chi connectivity index (χ1) is 7.09. The Balaban J connectivity index is 1.93. The van der Waals surface area contributed by atoms with Crippen molar-refractivity contribution in [2.24, 2.45) is 5.84 Å². The summed E-state index contributed by atoms with van der Waals surface area (Å²) in [6.07, 6.45) is 2.95. The zero-order valence-electron chi connectivity index (χ0n) is 8.81. The van der Waals surface area contributed by atoms with Crippen molar-refractivity contribution in [1.29, 1.82) is 0 Å². The average molecular weight is 206 g/mol. The summed E-state index contributed by atoms with van der Waals surface area (Å²) in [5.41, 5.74) is 5.08. The molecule has 0 amide bonds. The molecule has 4 rings (SSSR count). The van der Waals surface area contributed by atoms with Crippen molar-refractivity contribution >= 4 is 0 Å².